The van der Waals surface area contributed by atoms with Gasteiger partial charge in [0.25, 0.3) is 11.5 Å². The number of carbonyl (C=O) groups is 2. The number of amides is 2. The first-order valence-electron chi connectivity index (χ1n) is 12.8. The molecule has 0 spiro atoms. The zero-order valence-electron chi connectivity index (χ0n) is 21.8. The van der Waals surface area contributed by atoms with Crippen LogP contribution in [0.2, 0.25) is 0 Å². The second-order valence-corrected chi connectivity index (χ2v) is 11.0. The van der Waals surface area contributed by atoms with Gasteiger partial charge in [0.05, 0.1) is 17.1 Å². The molecule has 0 aliphatic carbocycles. The van der Waals surface area contributed by atoms with E-state index in [-0.39, 0.29) is 17.6 Å². The quantitative estimate of drug-likeness (QED) is 0.331. The lowest BCUT2D eigenvalue weighted by Crippen LogP contribution is -2.49. The van der Waals surface area contributed by atoms with E-state index in [0.29, 0.717) is 72.0 Å². The van der Waals surface area contributed by atoms with Crippen molar-refractivity contribution in [2.75, 3.05) is 44.2 Å². The Morgan fingerprint density at radius 3 is 2.56 bits per heavy atom. The predicted molar refractivity (Wildman–Crippen MR) is 157 cm³/mol. The number of thiocarbonyl (C=S) groups is 1. The third-order valence-electron chi connectivity index (χ3n) is 6.71. The van der Waals surface area contributed by atoms with E-state index in [1.165, 1.54) is 16.2 Å². The van der Waals surface area contributed by atoms with E-state index in [0.717, 1.165) is 11.1 Å². The molecule has 39 heavy (non-hydrogen) atoms. The number of aromatic nitrogens is 2. The van der Waals surface area contributed by atoms with Crippen molar-refractivity contribution in [3.8, 4) is 0 Å². The Kier molecular flexibility index (Phi) is 7.99. The fourth-order valence-corrected chi connectivity index (χ4v) is 5.93. The molecule has 1 aromatic carbocycles. The molecule has 9 nitrogen and oxygen atoms in total. The van der Waals surface area contributed by atoms with Gasteiger partial charge >= 0.3 is 6.09 Å². The average molecular weight is 564 g/mol. The van der Waals surface area contributed by atoms with Crippen LogP contribution in [0.3, 0.4) is 0 Å². The van der Waals surface area contributed by atoms with Crippen molar-refractivity contribution >= 4 is 57.8 Å². The highest BCUT2D eigenvalue weighted by molar-refractivity contribution is 8.26. The number of aryl methyl sites for hydroxylation is 1. The van der Waals surface area contributed by atoms with Crippen LogP contribution in [0.5, 0.6) is 0 Å². The van der Waals surface area contributed by atoms with Crippen LogP contribution < -0.4 is 10.5 Å². The molecule has 2 saturated heterocycles. The Morgan fingerprint density at radius 2 is 1.85 bits per heavy atom. The summed E-state index contributed by atoms with van der Waals surface area (Å²) in [6.45, 7) is 6.30. The first-order chi connectivity index (χ1) is 18.9. The Hall–Kier alpha value is -3.70. The van der Waals surface area contributed by atoms with Crippen molar-refractivity contribution in [3.05, 3.63) is 80.6 Å². The molecule has 0 atom stereocenters. The standard InChI is InChI=1S/C28H29N5O4S2/c1-3-37-27(36)31-15-13-30(14-16-31)24-21(25(34)33-18-19(2)9-10-23(33)29-24)17-22-26(35)32(28(38)39-22)12-11-20-7-5-4-6-8-20/h4-10,17-18H,3,11-16H2,1-2H3. The molecule has 2 aliphatic heterocycles. The molecule has 3 aromatic rings. The molecule has 11 heteroatoms. The topological polar surface area (TPSA) is 87.5 Å². The summed E-state index contributed by atoms with van der Waals surface area (Å²) in [4.78, 5) is 49.8. The summed E-state index contributed by atoms with van der Waals surface area (Å²) in [6.07, 6.45) is 3.70. The largest absolute Gasteiger partial charge is 0.450 e. The van der Waals surface area contributed by atoms with Crippen LogP contribution in [0.4, 0.5) is 10.6 Å². The van der Waals surface area contributed by atoms with Crippen LogP contribution in [0.1, 0.15) is 23.6 Å². The molecule has 202 valence electrons. The molecule has 0 saturated carbocycles. The molecule has 2 aliphatic rings. The van der Waals surface area contributed by atoms with Crippen molar-refractivity contribution in [2.24, 2.45) is 0 Å². The smallest absolute Gasteiger partial charge is 0.409 e. The van der Waals surface area contributed by atoms with E-state index in [1.54, 1.807) is 29.0 Å². The summed E-state index contributed by atoms with van der Waals surface area (Å²) in [5.41, 5.74) is 2.61. The number of piperazine rings is 1. The number of thioether (sulfide) groups is 1. The zero-order valence-corrected chi connectivity index (χ0v) is 23.5. The molecule has 0 bridgehead atoms. The lowest BCUT2D eigenvalue weighted by Gasteiger charge is -2.35. The number of pyridine rings is 1. The molecule has 5 rings (SSSR count). The summed E-state index contributed by atoms with van der Waals surface area (Å²) in [5, 5.41) is 0. The lowest BCUT2D eigenvalue weighted by molar-refractivity contribution is -0.122. The minimum Gasteiger partial charge on any atom is -0.450 e. The Morgan fingerprint density at radius 1 is 1.10 bits per heavy atom. The van der Waals surface area contributed by atoms with E-state index in [4.69, 9.17) is 21.9 Å². The molecule has 2 fully saturated rings. The van der Waals surface area contributed by atoms with E-state index < -0.39 is 0 Å². The van der Waals surface area contributed by atoms with Gasteiger partial charge in [-0.25, -0.2) is 9.78 Å². The maximum absolute atomic E-state index is 13.8. The van der Waals surface area contributed by atoms with E-state index >= 15 is 0 Å². The molecule has 0 N–H and O–H groups in total. The molecular weight excluding hydrogens is 534 g/mol. The Labute approximate surface area is 236 Å². The maximum atomic E-state index is 13.8. The van der Waals surface area contributed by atoms with Crippen LogP contribution in [0, 0.1) is 6.92 Å². The SMILES string of the molecule is CCOC(=O)N1CCN(c2nc3ccc(C)cn3c(=O)c2C=C2SC(=S)N(CCc3ccccc3)C2=O)CC1. The van der Waals surface area contributed by atoms with Gasteiger partial charge in [-0.05, 0) is 43.5 Å². The van der Waals surface area contributed by atoms with Crippen molar-refractivity contribution < 1.29 is 14.3 Å². The predicted octanol–water partition coefficient (Wildman–Crippen LogP) is 3.73. The number of carbonyl (C=O) groups excluding carboxylic acids is 2. The van der Waals surface area contributed by atoms with Crippen LogP contribution in [-0.2, 0) is 16.0 Å². The number of rotatable bonds is 6. The van der Waals surface area contributed by atoms with Crippen LogP contribution in [0.25, 0.3) is 11.7 Å². The monoisotopic (exact) mass is 563 g/mol. The van der Waals surface area contributed by atoms with E-state index in [1.807, 2.05) is 54.3 Å². The van der Waals surface area contributed by atoms with Gasteiger partial charge in [0.2, 0.25) is 0 Å². The van der Waals surface area contributed by atoms with E-state index in [2.05, 4.69) is 0 Å². The van der Waals surface area contributed by atoms with E-state index in [9.17, 15) is 14.4 Å². The maximum Gasteiger partial charge on any atom is 0.409 e. The summed E-state index contributed by atoms with van der Waals surface area (Å²) >= 11 is 6.74. The van der Waals surface area contributed by atoms with Gasteiger partial charge in [0, 0.05) is 38.9 Å². The van der Waals surface area contributed by atoms with Gasteiger partial charge in [0.15, 0.2) is 0 Å². The first-order valence-corrected chi connectivity index (χ1v) is 14.1. The number of hydrogen-bond donors (Lipinski definition) is 0. The average Bonchev–Trinajstić information content (AvgIpc) is 3.21. The number of ether oxygens (including phenoxy) is 1. The molecule has 2 aromatic heterocycles. The van der Waals surface area contributed by atoms with Crippen molar-refractivity contribution in [1.82, 2.24) is 19.2 Å². The van der Waals surface area contributed by atoms with Gasteiger partial charge in [-0.15, -0.1) is 0 Å². The molecular formula is C28H29N5O4S2. The normalized spacial score (nSPS) is 17.0. The van der Waals surface area contributed by atoms with Gasteiger partial charge in [-0.2, -0.15) is 0 Å². The second kappa shape index (κ2) is 11.6. The molecule has 0 radical (unpaired) electrons. The van der Waals surface area contributed by atoms with Gasteiger partial charge in [-0.3, -0.25) is 18.9 Å². The van der Waals surface area contributed by atoms with Gasteiger partial charge < -0.3 is 14.5 Å². The fraction of sp³-hybridized carbons (Fsp3) is 0.321. The van der Waals surface area contributed by atoms with Gasteiger partial charge in [-0.1, -0.05) is 60.4 Å². The van der Waals surface area contributed by atoms with Crippen LogP contribution in [0.15, 0.2) is 58.4 Å². The number of nitrogens with zero attached hydrogens (tertiary/aromatic N) is 5. The summed E-state index contributed by atoms with van der Waals surface area (Å²) in [5.74, 6) is 0.273. The highest BCUT2D eigenvalue weighted by atomic mass is 32.2. The minimum atomic E-state index is -0.349. The second-order valence-electron chi connectivity index (χ2n) is 9.33. The zero-order chi connectivity index (χ0) is 27.5. The summed E-state index contributed by atoms with van der Waals surface area (Å²) in [7, 11) is 0. The highest BCUT2D eigenvalue weighted by Crippen LogP contribution is 2.34. The Bertz CT molecular complexity index is 1510. The minimum absolute atomic E-state index is 0.215. The molecule has 2 amide bonds. The summed E-state index contributed by atoms with van der Waals surface area (Å²) < 4.78 is 7.11. The van der Waals surface area contributed by atoms with Gasteiger partial charge in [0.1, 0.15) is 15.8 Å². The highest BCUT2D eigenvalue weighted by Gasteiger charge is 2.33. The fourth-order valence-electron chi connectivity index (χ4n) is 4.64. The molecule has 4 heterocycles. The number of fused-ring (bicyclic) bond motifs is 1. The third kappa shape index (κ3) is 5.69. The van der Waals surface area contributed by atoms with Crippen LogP contribution in [-0.4, -0.2) is 74.8 Å². The van der Waals surface area contributed by atoms with Crippen LogP contribution >= 0.6 is 24.0 Å². The van der Waals surface area contributed by atoms with Crippen molar-refractivity contribution in [1.29, 1.82) is 0 Å². The lowest BCUT2D eigenvalue weighted by atomic mass is 10.1. The van der Waals surface area contributed by atoms with Crippen molar-refractivity contribution in [3.63, 3.8) is 0 Å². The van der Waals surface area contributed by atoms with Crippen molar-refractivity contribution in [2.45, 2.75) is 20.3 Å². The summed E-state index contributed by atoms with van der Waals surface area (Å²) in [6, 6.07) is 13.6. The first kappa shape index (κ1) is 26.9. The number of anilines is 1. The molecule has 0 unspecified atom stereocenters. The number of benzene rings is 1. The third-order valence-corrected chi connectivity index (χ3v) is 8.08. The Balaban J connectivity index is 1.47. The number of hydrogen-bond acceptors (Lipinski definition) is 8.